The molecular weight excluding hydrogens is 212 g/mol. The van der Waals surface area contributed by atoms with Crippen molar-refractivity contribution in [2.24, 2.45) is 0 Å². The molecule has 1 fully saturated rings. The largest absolute Gasteiger partial charge is 0.334 e. The first-order valence-electron chi connectivity index (χ1n) is 6.40. The quantitative estimate of drug-likeness (QED) is 0.853. The highest BCUT2D eigenvalue weighted by atomic mass is 16.2. The van der Waals surface area contributed by atoms with E-state index >= 15 is 0 Å². The first kappa shape index (κ1) is 12.0. The van der Waals surface area contributed by atoms with Crippen molar-refractivity contribution < 1.29 is 4.79 Å². The standard InChI is InChI=1S/C14H20N2O/c1-2-12-5-7-13(8-6-12)11-15-14(17)16-9-3-4-10-16/h5-8H,2-4,9-11H2,1H3,(H,15,17). The van der Waals surface area contributed by atoms with Crippen molar-refractivity contribution in [2.45, 2.75) is 32.7 Å². The van der Waals surface area contributed by atoms with E-state index in [1.54, 1.807) is 0 Å². The molecule has 2 amide bonds. The van der Waals surface area contributed by atoms with Crippen molar-refractivity contribution in [2.75, 3.05) is 13.1 Å². The Morgan fingerprint density at radius 2 is 1.76 bits per heavy atom. The van der Waals surface area contributed by atoms with Crippen molar-refractivity contribution in [3.8, 4) is 0 Å². The number of carbonyl (C=O) groups excluding carboxylic acids is 1. The summed E-state index contributed by atoms with van der Waals surface area (Å²) in [6.45, 7) is 4.57. The van der Waals surface area contributed by atoms with Gasteiger partial charge in [0.05, 0.1) is 0 Å². The van der Waals surface area contributed by atoms with Crippen LogP contribution in [0.2, 0.25) is 0 Å². The summed E-state index contributed by atoms with van der Waals surface area (Å²) in [6.07, 6.45) is 3.33. The van der Waals surface area contributed by atoms with Gasteiger partial charge in [-0.1, -0.05) is 31.2 Å². The van der Waals surface area contributed by atoms with Crippen LogP contribution >= 0.6 is 0 Å². The van der Waals surface area contributed by atoms with E-state index in [0.717, 1.165) is 37.9 Å². The molecule has 1 aliphatic rings. The van der Waals surface area contributed by atoms with Gasteiger partial charge in [0.25, 0.3) is 0 Å². The lowest BCUT2D eigenvalue weighted by atomic mass is 10.1. The summed E-state index contributed by atoms with van der Waals surface area (Å²) in [5.41, 5.74) is 2.49. The molecule has 1 heterocycles. The number of carbonyl (C=O) groups is 1. The number of hydrogen-bond acceptors (Lipinski definition) is 1. The van der Waals surface area contributed by atoms with Crippen molar-refractivity contribution in [1.82, 2.24) is 10.2 Å². The number of benzene rings is 1. The Labute approximate surface area is 103 Å². The molecule has 0 aromatic heterocycles. The number of urea groups is 1. The third-order valence-electron chi connectivity index (χ3n) is 3.27. The monoisotopic (exact) mass is 232 g/mol. The van der Waals surface area contributed by atoms with Crippen molar-refractivity contribution in [3.05, 3.63) is 35.4 Å². The van der Waals surface area contributed by atoms with Crippen LogP contribution in [0.4, 0.5) is 4.79 Å². The van der Waals surface area contributed by atoms with Gasteiger partial charge in [0, 0.05) is 19.6 Å². The zero-order chi connectivity index (χ0) is 12.1. The second-order valence-electron chi connectivity index (χ2n) is 4.52. The fourth-order valence-corrected chi connectivity index (χ4v) is 2.10. The first-order valence-corrected chi connectivity index (χ1v) is 6.40. The highest BCUT2D eigenvalue weighted by Gasteiger charge is 2.16. The zero-order valence-corrected chi connectivity index (χ0v) is 10.4. The van der Waals surface area contributed by atoms with Gasteiger partial charge in [-0.05, 0) is 30.4 Å². The molecule has 1 saturated heterocycles. The minimum absolute atomic E-state index is 0.0714. The number of nitrogens with zero attached hydrogens (tertiary/aromatic N) is 1. The van der Waals surface area contributed by atoms with Gasteiger partial charge >= 0.3 is 6.03 Å². The lowest BCUT2D eigenvalue weighted by molar-refractivity contribution is 0.208. The van der Waals surface area contributed by atoms with Gasteiger partial charge in [-0.25, -0.2) is 4.79 Å². The summed E-state index contributed by atoms with van der Waals surface area (Å²) >= 11 is 0. The first-order chi connectivity index (χ1) is 8.29. The molecule has 17 heavy (non-hydrogen) atoms. The maximum Gasteiger partial charge on any atom is 0.317 e. The highest BCUT2D eigenvalue weighted by Crippen LogP contribution is 2.08. The van der Waals surface area contributed by atoms with Crippen LogP contribution in [0.5, 0.6) is 0 Å². The predicted octanol–water partition coefficient (Wildman–Crippen LogP) is 2.55. The average Bonchev–Trinajstić information content (AvgIpc) is 2.90. The summed E-state index contributed by atoms with van der Waals surface area (Å²) in [6, 6.07) is 8.49. The summed E-state index contributed by atoms with van der Waals surface area (Å²) in [5.74, 6) is 0. The Morgan fingerprint density at radius 1 is 1.18 bits per heavy atom. The summed E-state index contributed by atoms with van der Waals surface area (Å²) in [4.78, 5) is 13.6. The van der Waals surface area contributed by atoms with E-state index in [0.29, 0.717) is 6.54 Å². The Morgan fingerprint density at radius 3 is 2.35 bits per heavy atom. The number of aryl methyl sites for hydroxylation is 1. The highest BCUT2D eigenvalue weighted by molar-refractivity contribution is 5.74. The average molecular weight is 232 g/mol. The Balaban J connectivity index is 1.82. The van der Waals surface area contributed by atoms with Gasteiger partial charge < -0.3 is 10.2 Å². The number of rotatable bonds is 3. The molecule has 1 aromatic carbocycles. The predicted molar refractivity (Wildman–Crippen MR) is 68.9 cm³/mol. The van der Waals surface area contributed by atoms with Crippen molar-refractivity contribution in [1.29, 1.82) is 0 Å². The van der Waals surface area contributed by atoms with Crippen LogP contribution in [-0.4, -0.2) is 24.0 Å². The lowest BCUT2D eigenvalue weighted by Gasteiger charge is -2.16. The maximum atomic E-state index is 11.8. The van der Waals surface area contributed by atoms with E-state index in [-0.39, 0.29) is 6.03 Å². The second-order valence-corrected chi connectivity index (χ2v) is 4.52. The molecule has 1 aromatic rings. The van der Waals surface area contributed by atoms with Crippen LogP contribution in [-0.2, 0) is 13.0 Å². The fourth-order valence-electron chi connectivity index (χ4n) is 2.10. The van der Waals surface area contributed by atoms with Crippen LogP contribution in [0, 0.1) is 0 Å². The molecule has 3 nitrogen and oxygen atoms in total. The normalized spacial score (nSPS) is 15.0. The maximum absolute atomic E-state index is 11.8. The summed E-state index contributed by atoms with van der Waals surface area (Å²) in [5, 5.41) is 2.97. The third kappa shape index (κ3) is 3.22. The van der Waals surface area contributed by atoms with Gasteiger partial charge in [-0.15, -0.1) is 0 Å². The second kappa shape index (κ2) is 5.71. The number of nitrogens with one attached hydrogen (secondary N) is 1. The van der Waals surface area contributed by atoms with E-state index in [1.165, 1.54) is 5.56 Å². The van der Waals surface area contributed by atoms with Crippen LogP contribution in [0.15, 0.2) is 24.3 Å². The molecule has 0 aliphatic carbocycles. The number of amides is 2. The Kier molecular flexibility index (Phi) is 4.02. The topological polar surface area (TPSA) is 32.3 Å². The van der Waals surface area contributed by atoms with Gasteiger partial charge in [-0.2, -0.15) is 0 Å². The lowest BCUT2D eigenvalue weighted by Crippen LogP contribution is -2.37. The van der Waals surface area contributed by atoms with E-state index < -0.39 is 0 Å². The summed E-state index contributed by atoms with van der Waals surface area (Å²) in [7, 11) is 0. The summed E-state index contributed by atoms with van der Waals surface area (Å²) < 4.78 is 0. The van der Waals surface area contributed by atoms with Crippen molar-refractivity contribution >= 4 is 6.03 Å². The number of likely N-dealkylation sites (tertiary alicyclic amines) is 1. The molecule has 0 unspecified atom stereocenters. The Hall–Kier alpha value is -1.51. The third-order valence-corrected chi connectivity index (χ3v) is 3.27. The molecule has 1 aliphatic heterocycles. The van der Waals surface area contributed by atoms with Gasteiger partial charge in [-0.3, -0.25) is 0 Å². The molecule has 0 atom stereocenters. The van der Waals surface area contributed by atoms with E-state index in [1.807, 2.05) is 4.90 Å². The van der Waals surface area contributed by atoms with Crippen LogP contribution < -0.4 is 5.32 Å². The number of hydrogen-bond donors (Lipinski definition) is 1. The van der Waals surface area contributed by atoms with E-state index in [2.05, 4.69) is 36.5 Å². The SMILES string of the molecule is CCc1ccc(CNC(=O)N2CCCC2)cc1. The minimum Gasteiger partial charge on any atom is -0.334 e. The molecule has 3 heteroatoms. The smallest absolute Gasteiger partial charge is 0.317 e. The molecular formula is C14H20N2O. The molecule has 0 bridgehead atoms. The van der Waals surface area contributed by atoms with Gasteiger partial charge in [0.1, 0.15) is 0 Å². The van der Waals surface area contributed by atoms with Gasteiger partial charge in [0.15, 0.2) is 0 Å². The molecule has 1 N–H and O–H groups in total. The fraction of sp³-hybridized carbons (Fsp3) is 0.500. The zero-order valence-electron chi connectivity index (χ0n) is 10.4. The Bertz CT molecular complexity index is 366. The van der Waals surface area contributed by atoms with Crippen LogP contribution in [0.3, 0.4) is 0 Å². The van der Waals surface area contributed by atoms with Crippen molar-refractivity contribution in [3.63, 3.8) is 0 Å². The molecule has 0 spiro atoms. The van der Waals surface area contributed by atoms with Crippen LogP contribution in [0.1, 0.15) is 30.9 Å². The van der Waals surface area contributed by atoms with Crippen LogP contribution in [0.25, 0.3) is 0 Å². The van der Waals surface area contributed by atoms with E-state index in [9.17, 15) is 4.79 Å². The molecule has 2 rings (SSSR count). The van der Waals surface area contributed by atoms with E-state index in [4.69, 9.17) is 0 Å². The molecule has 92 valence electrons. The molecule has 0 saturated carbocycles. The minimum atomic E-state index is 0.0714. The molecule has 0 radical (unpaired) electrons. The van der Waals surface area contributed by atoms with Gasteiger partial charge in [0.2, 0.25) is 0 Å².